The number of nitrogens with one attached hydrogen (secondary N) is 1. The molecule has 2 N–H and O–H groups in total. The van der Waals surface area contributed by atoms with Crippen molar-refractivity contribution in [3.8, 4) is 11.8 Å². The van der Waals surface area contributed by atoms with Crippen molar-refractivity contribution in [2.75, 3.05) is 11.9 Å². The minimum absolute atomic E-state index is 0.170. The number of aryl methyl sites for hydroxylation is 1. The van der Waals surface area contributed by atoms with E-state index in [1.165, 1.54) is 6.07 Å². The Morgan fingerprint density at radius 3 is 2.95 bits per heavy atom. The van der Waals surface area contributed by atoms with Crippen LogP contribution < -0.4 is 5.32 Å². The van der Waals surface area contributed by atoms with Crippen LogP contribution in [0.25, 0.3) is 0 Å². The number of hydrogen-bond acceptors (Lipinski definition) is 4. The van der Waals surface area contributed by atoms with Gasteiger partial charge < -0.3 is 14.9 Å². The summed E-state index contributed by atoms with van der Waals surface area (Å²) in [6.45, 7) is 1.43. The topological polar surface area (TPSA) is 75.4 Å². The van der Waals surface area contributed by atoms with Crippen molar-refractivity contribution in [2.24, 2.45) is 0 Å². The number of aliphatic hydroxyl groups excluding tert-OH is 1. The second-order valence-electron chi connectivity index (χ2n) is 3.93. The number of carbonyl (C=O) groups excluding carboxylic acids is 1. The van der Waals surface area contributed by atoms with E-state index in [9.17, 15) is 4.79 Å². The Kier molecular flexibility index (Phi) is 4.41. The third kappa shape index (κ3) is 3.38. The van der Waals surface area contributed by atoms with E-state index in [-0.39, 0.29) is 12.3 Å². The molecule has 0 saturated heterocycles. The van der Waals surface area contributed by atoms with Crippen LogP contribution in [0.5, 0.6) is 0 Å². The smallest absolute Gasteiger partial charge is 0.277 e. The zero-order chi connectivity index (χ0) is 14.5. The van der Waals surface area contributed by atoms with Crippen LogP contribution in [0.2, 0.25) is 5.02 Å². The molecule has 1 heterocycles. The molecule has 2 aromatic rings. The number of rotatable bonds is 2. The second-order valence-corrected chi connectivity index (χ2v) is 4.36. The second kappa shape index (κ2) is 6.24. The van der Waals surface area contributed by atoms with Gasteiger partial charge in [-0.1, -0.05) is 28.6 Å². The zero-order valence-corrected chi connectivity index (χ0v) is 11.4. The number of aromatic nitrogens is 1. The first-order chi connectivity index (χ1) is 9.60. The summed E-state index contributed by atoms with van der Waals surface area (Å²) in [7, 11) is 0. The number of benzene rings is 1. The first-order valence-corrected chi connectivity index (χ1v) is 6.12. The Morgan fingerprint density at radius 2 is 2.30 bits per heavy atom. The van der Waals surface area contributed by atoms with Crippen LogP contribution in [-0.4, -0.2) is 22.8 Å². The number of aliphatic hydroxyl groups is 1. The molecular formula is C14H11ClN2O3. The summed E-state index contributed by atoms with van der Waals surface area (Å²) in [6.07, 6.45) is 0. The molecular weight excluding hydrogens is 280 g/mol. The van der Waals surface area contributed by atoms with Gasteiger partial charge in [-0.2, -0.15) is 0 Å². The molecule has 20 heavy (non-hydrogen) atoms. The van der Waals surface area contributed by atoms with Crippen molar-refractivity contribution in [1.82, 2.24) is 5.16 Å². The Bertz CT molecular complexity index is 698. The molecule has 0 aliphatic rings. The number of carbonyl (C=O) groups is 1. The highest BCUT2D eigenvalue weighted by Crippen LogP contribution is 2.21. The molecule has 0 radical (unpaired) electrons. The van der Waals surface area contributed by atoms with Crippen LogP contribution >= 0.6 is 11.6 Å². The number of amides is 1. The molecule has 0 aliphatic carbocycles. The maximum Gasteiger partial charge on any atom is 0.277 e. The van der Waals surface area contributed by atoms with E-state index in [2.05, 4.69) is 22.3 Å². The Balaban J connectivity index is 2.28. The molecule has 0 bridgehead atoms. The lowest BCUT2D eigenvalue weighted by molar-refractivity contribution is 0.101. The fourth-order valence-electron chi connectivity index (χ4n) is 1.52. The highest BCUT2D eigenvalue weighted by atomic mass is 35.5. The normalized spacial score (nSPS) is 9.75. The Morgan fingerprint density at radius 1 is 1.50 bits per heavy atom. The van der Waals surface area contributed by atoms with E-state index < -0.39 is 5.91 Å². The minimum atomic E-state index is -0.420. The number of nitrogens with zero attached hydrogens (tertiary/aromatic N) is 1. The lowest BCUT2D eigenvalue weighted by Crippen LogP contribution is -2.13. The maximum atomic E-state index is 12.0. The number of hydrogen-bond donors (Lipinski definition) is 2. The third-order valence-corrected chi connectivity index (χ3v) is 2.63. The third-order valence-electron chi connectivity index (χ3n) is 2.39. The van der Waals surface area contributed by atoms with Crippen LogP contribution in [0.4, 0.5) is 5.69 Å². The highest BCUT2D eigenvalue weighted by Gasteiger charge is 2.13. The van der Waals surface area contributed by atoms with Gasteiger partial charge in [-0.05, 0) is 25.1 Å². The van der Waals surface area contributed by atoms with E-state index in [1.807, 2.05) is 0 Å². The van der Waals surface area contributed by atoms with Crippen LogP contribution in [0.3, 0.4) is 0 Å². The quantitative estimate of drug-likeness (QED) is 0.832. The fraction of sp³-hybridized carbons (Fsp3) is 0.143. The predicted octanol–water partition coefficient (Wildman–Crippen LogP) is 2.23. The highest BCUT2D eigenvalue weighted by molar-refractivity contribution is 6.31. The molecule has 2 rings (SSSR count). The maximum absolute atomic E-state index is 12.0. The summed E-state index contributed by atoms with van der Waals surface area (Å²) >= 11 is 5.90. The average molecular weight is 291 g/mol. The molecule has 0 saturated carbocycles. The van der Waals surface area contributed by atoms with Gasteiger partial charge in [0.2, 0.25) is 0 Å². The average Bonchev–Trinajstić information content (AvgIpc) is 2.85. The van der Waals surface area contributed by atoms with Gasteiger partial charge in [-0.3, -0.25) is 4.79 Å². The van der Waals surface area contributed by atoms with E-state index in [0.29, 0.717) is 22.0 Å². The largest absolute Gasteiger partial charge is 0.384 e. The Labute approximate surface area is 120 Å². The summed E-state index contributed by atoms with van der Waals surface area (Å²) in [5.41, 5.74) is 1.17. The number of anilines is 1. The van der Waals surface area contributed by atoms with Crippen molar-refractivity contribution in [1.29, 1.82) is 0 Å². The lowest BCUT2D eigenvalue weighted by Gasteiger charge is -2.06. The van der Waals surface area contributed by atoms with Gasteiger partial charge in [-0.25, -0.2) is 0 Å². The molecule has 1 aromatic carbocycles. The molecule has 0 aliphatic heterocycles. The lowest BCUT2D eigenvalue weighted by atomic mass is 10.1. The zero-order valence-electron chi connectivity index (χ0n) is 10.6. The van der Waals surface area contributed by atoms with Crippen molar-refractivity contribution in [3.05, 3.63) is 46.3 Å². The van der Waals surface area contributed by atoms with Crippen LogP contribution in [0, 0.1) is 18.8 Å². The van der Waals surface area contributed by atoms with Gasteiger partial charge in [-0.15, -0.1) is 0 Å². The van der Waals surface area contributed by atoms with Crippen LogP contribution in [0.15, 0.2) is 28.8 Å². The van der Waals surface area contributed by atoms with Gasteiger partial charge in [0.25, 0.3) is 5.91 Å². The first-order valence-electron chi connectivity index (χ1n) is 5.74. The monoisotopic (exact) mass is 290 g/mol. The Hall–Kier alpha value is -2.29. The SMILES string of the molecule is Cc1cc(C(=O)Nc2cc(Cl)ccc2C#CCO)no1. The molecule has 5 nitrogen and oxygen atoms in total. The van der Waals surface area contributed by atoms with E-state index in [1.54, 1.807) is 25.1 Å². The summed E-state index contributed by atoms with van der Waals surface area (Å²) in [5.74, 6) is 5.38. The van der Waals surface area contributed by atoms with Crippen LogP contribution in [-0.2, 0) is 0 Å². The van der Waals surface area contributed by atoms with E-state index in [0.717, 1.165) is 0 Å². The van der Waals surface area contributed by atoms with E-state index >= 15 is 0 Å². The van der Waals surface area contributed by atoms with Crippen molar-refractivity contribution < 1.29 is 14.4 Å². The van der Waals surface area contributed by atoms with Gasteiger partial charge in [0.1, 0.15) is 12.4 Å². The fourth-order valence-corrected chi connectivity index (χ4v) is 1.70. The van der Waals surface area contributed by atoms with E-state index in [4.69, 9.17) is 21.2 Å². The van der Waals surface area contributed by atoms with Gasteiger partial charge >= 0.3 is 0 Å². The molecule has 102 valence electrons. The number of halogens is 1. The van der Waals surface area contributed by atoms with Crippen molar-refractivity contribution >= 4 is 23.2 Å². The summed E-state index contributed by atoms with van der Waals surface area (Å²) < 4.78 is 4.84. The first kappa shape index (κ1) is 14.1. The molecule has 0 spiro atoms. The van der Waals surface area contributed by atoms with Gasteiger partial charge in [0.15, 0.2) is 5.69 Å². The summed E-state index contributed by atoms with van der Waals surface area (Å²) in [5, 5.41) is 15.5. The molecule has 0 unspecified atom stereocenters. The summed E-state index contributed by atoms with van der Waals surface area (Å²) in [4.78, 5) is 12.0. The predicted molar refractivity (Wildman–Crippen MR) is 74.6 cm³/mol. The summed E-state index contributed by atoms with van der Waals surface area (Å²) in [6, 6.07) is 6.42. The standard InChI is InChI=1S/C14H11ClN2O3/c1-9-7-13(17-20-9)14(19)16-12-8-11(15)5-4-10(12)3-2-6-18/h4-5,7-8,18H,6H2,1H3,(H,16,19). The van der Waals surface area contributed by atoms with Gasteiger partial charge in [0.05, 0.1) is 5.69 Å². The minimum Gasteiger partial charge on any atom is -0.384 e. The van der Waals surface area contributed by atoms with Gasteiger partial charge in [0, 0.05) is 16.7 Å². The molecule has 6 heteroatoms. The van der Waals surface area contributed by atoms with Crippen LogP contribution in [0.1, 0.15) is 21.8 Å². The molecule has 1 aromatic heterocycles. The molecule has 0 atom stereocenters. The van der Waals surface area contributed by atoms with Crippen molar-refractivity contribution in [3.63, 3.8) is 0 Å². The molecule has 1 amide bonds. The molecule has 0 fully saturated rings. The van der Waals surface area contributed by atoms with Crippen molar-refractivity contribution in [2.45, 2.75) is 6.92 Å².